The third-order valence-electron chi connectivity index (χ3n) is 4.10. The molecule has 1 aromatic rings. The zero-order valence-corrected chi connectivity index (χ0v) is 17.8. The Morgan fingerprint density at radius 2 is 1.76 bits per heavy atom. The molecule has 0 saturated carbocycles. The summed E-state index contributed by atoms with van der Waals surface area (Å²) in [5.41, 5.74) is 0.947. The van der Waals surface area contributed by atoms with Gasteiger partial charge in [0, 0.05) is 23.8 Å². The predicted molar refractivity (Wildman–Crippen MR) is 110 cm³/mol. The summed E-state index contributed by atoms with van der Waals surface area (Å²) in [7, 11) is 0. The molecule has 2 saturated heterocycles. The number of likely N-dealkylation sites (tertiary alicyclic amines) is 1. The zero-order valence-electron chi connectivity index (χ0n) is 11.3. The standard InChI is InChI=1S/C14H16I3N3O/c15-10-1-11(16)14(12(17)2-10)19-13(21)7-20-5-8-3-18-4-9(8)6-20/h1-2,8-9,18H,3-7H2,(H,19,21)/t8-,9+. The van der Waals surface area contributed by atoms with Crippen LogP contribution in [0.3, 0.4) is 0 Å². The molecular weight excluding hydrogens is 607 g/mol. The number of rotatable bonds is 3. The number of halogens is 3. The maximum absolute atomic E-state index is 12.3. The average molecular weight is 623 g/mol. The van der Waals surface area contributed by atoms with Gasteiger partial charge in [0.15, 0.2) is 0 Å². The highest BCUT2D eigenvalue weighted by Crippen LogP contribution is 2.28. The van der Waals surface area contributed by atoms with E-state index in [0.717, 1.165) is 50.8 Å². The predicted octanol–water partition coefficient (Wildman–Crippen LogP) is 2.59. The maximum Gasteiger partial charge on any atom is 0.238 e. The zero-order chi connectivity index (χ0) is 15.0. The average Bonchev–Trinajstić information content (AvgIpc) is 2.94. The van der Waals surface area contributed by atoms with Gasteiger partial charge in [-0.3, -0.25) is 9.69 Å². The van der Waals surface area contributed by atoms with Crippen molar-refractivity contribution in [3.8, 4) is 0 Å². The van der Waals surface area contributed by atoms with Crippen LogP contribution in [0.5, 0.6) is 0 Å². The van der Waals surface area contributed by atoms with Crippen molar-refractivity contribution in [1.82, 2.24) is 10.2 Å². The second kappa shape index (κ2) is 7.14. The van der Waals surface area contributed by atoms with Crippen LogP contribution in [0, 0.1) is 22.5 Å². The number of hydrogen-bond acceptors (Lipinski definition) is 3. The highest BCUT2D eigenvalue weighted by molar-refractivity contribution is 14.1. The molecular formula is C14H16I3N3O. The molecule has 2 fully saturated rings. The van der Waals surface area contributed by atoms with Crippen molar-refractivity contribution in [2.45, 2.75) is 0 Å². The normalized spacial score (nSPS) is 25.1. The molecule has 2 heterocycles. The summed E-state index contributed by atoms with van der Waals surface area (Å²) in [6.45, 7) is 4.81. The van der Waals surface area contributed by atoms with Crippen molar-refractivity contribution in [2.75, 3.05) is 38.0 Å². The summed E-state index contributed by atoms with van der Waals surface area (Å²) in [5, 5.41) is 6.51. The number of benzene rings is 1. The molecule has 2 atom stereocenters. The Hall–Kier alpha value is 0.800. The van der Waals surface area contributed by atoms with Crippen LogP contribution in [0.15, 0.2) is 12.1 Å². The lowest BCUT2D eigenvalue weighted by molar-refractivity contribution is -0.117. The van der Waals surface area contributed by atoms with Crippen molar-refractivity contribution in [1.29, 1.82) is 0 Å². The molecule has 4 nitrogen and oxygen atoms in total. The first-order valence-electron chi connectivity index (χ1n) is 6.90. The van der Waals surface area contributed by atoms with Crippen LogP contribution in [-0.2, 0) is 4.79 Å². The molecule has 21 heavy (non-hydrogen) atoms. The van der Waals surface area contributed by atoms with Gasteiger partial charge < -0.3 is 10.6 Å². The third-order valence-corrected chi connectivity index (χ3v) is 6.43. The molecule has 0 aliphatic carbocycles. The van der Waals surface area contributed by atoms with Gasteiger partial charge in [-0.15, -0.1) is 0 Å². The fourth-order valence-electron chi connectivity index (χ4n) is 3.13. The van der Waals surface area contributed by atoms with Crippen LogP contribution in [0.2, 0.25) is 0 Å². The molecule has 2 N–H and O–H groups in total. The summed E-state index contributed by atoms with van der Waals surface area (Å²) in [6.07, 6.45) is 0. The first-order chi connectivity index (χ1) is 10.0. The largest absolute Gasteiger partial charge is 0.323 e. The van der Waals surface area contributed by atoms with Crippen LogP contribution in [-0.4, -0.2) is 43.5 Å². The SMILES string of the molecule is O=C(CN1C[C@H]2CNC[C@H]2C1)Nc1c(I)cc(I)cc1I. The molecule has 1 aromatic carbocycles. The molecule has 3 rings (SSSR count). The molecule has 7 heteroatoms. The van der Waals surface area contributed by atoms with Crippen molar-refractivity contribution >= 4 is 79.4 Å². The monoisotopic (exact) mass is 623 g/mol. The van der Waals surface area contributed by atoms with Crippen molar-refractivity contribution in [3.63, 3.8) is 0 Å². The lowest BCUT2D eigenvalue weighted by atomic mass is 10.0. The Morgan fingerprint density at radius 3 is 2.33 bits per heavy atom. The van der Waals surface area contributed by atoms with Crippen molar-refractivity contribution in [2.24, 2.45) is 11.8 Å². The smallest absolute Gasteiger partial charge is 0.238 e. The molecule has 1 amide bonds. The van der Waals surface area contributed by atoms with E-state index in [1.54, 1.807) is 0 Å². The van der Waals surface area contributed by atoms with Crippen LogP contribution in [0.1, 0.15) is 0 Å². The Labute approximate surface area is 165 Å². The van der Waals surface area contributed by atoms with Gasteiger partial charge in [-0.2, -0.15) is 0 Å². The Bertz CT molecular complexity index is 531. The minimum Gasteiger partial charge on any atom is -0.323 e. The van der Waals surface area contributed by atoms with Gasteiger partial charge in [0.25, 0.3) is 0 Å². The molecule has 2 aliphatic heterocycles. The number of anilines is 1. The van der Waals surface area contributed by atoms with E-state index in [1.807, 2.05) is 0 Å². The van der Waals surface area contributed by atoms with Gasteiger partial charge in [0.2, 0.25) is 5.91 Å². The second-order valence-corrected chi connectivity index (χ2v) is 9.24. The second-order valence-electron chi connectivity index (χ2n) is 5.67. The van der Waals surface area contributed by atoms with Crippen molar-refractivity contribution < 1.29 is 4.79 Å². The first kappa shape index (κ1) is 16.7. The van der Waals surface area contributed by atoms with E-state index in [1.165, 1.54) is 3.57 Å². The number of nitrogens with one attached hydrogen (secondary N) is 2. The summed E-state index contributed by atoms with van der Waals surface area (Å²) in [4.78, 5) is 14.6. The highest BCUT2D eigenvalue weighted by atomic mass is 127. The molecule has 0 unspecified atom stereocenters. The molecule has 0 spiro atoms. The number of nitrogens with zero attached hydrogens (tertiary/aromatic N) is 1. The quantitative estimate of drug-likeness (QED) is 0.510. The summed E-state index contributed by atoms with van der Waals surface area (Å²) < 4.78 is 3.39. The summed E-state index contributed by atoms with van der Waals surface area (Å²) in [5.74, 6) is 1.56. The van der Waals surface area contributed by atoms with Gasteiger partial charge in [-0.25, -0.2) is 0 Å². The topological polar surface area (TPSA) is 44.4 Å². The van der Waals surface area contributed by atoms with E-state index in [9.17, 15) is 4.79 Å². The lowest BCUT2D eigenvalue weighted by Gasteiger charge is -2.17. The summed E-state index contributed by atoms with van der Waals surface area (Å²) >= 11 is 6.87. The van der Waals surface area contributed by atoms with Gasteiger partial charge in [0.1, 0.15) is 0 Å². The number of fused-ring (bicyclic) bond motifs is 1. The Morgan fingerprint density at radius 1 is 1.19 bits per heavy atom. The van der Waals surface area contributed by atoms with Crippen LogP contribution in [0.25, 0.3) is 0 Å². The van der Waals surface area contributed by atoms with Crippen LogP contribution < -0.4 is 10.6 Å². The highest BCUT2D eigenvalue weighted by Gasteiger charge is 2.36. The van der Waals surface area contributed by atoms with E-state index in [4.69, 9.17) is 0 Å². The van der Waals surface area contributed by atoms with E-state index in [-0.39, 0.29) is 5.91 Å². The van der Waals surface area contributed by atoms with E-state index < -0.39 is 0 Å². The molecule has 0 aromatic heterocycles. The van der Waals surface area contributed by atoms with E-state index in [2.05, 4.69) is 95.4 Å². The Kier molecular flexibility index (Phi) is 5.66. The van der Waals surface area contributed by atoms with Gasteiger partial charge in [-0.05, 0) is 105 Å². The minimum atomic E-state index is 0.0972. The maximum atomic E-state index is 12.3. The lowest BCUT2D eigenvalue weighted by Crippen LogP contribution is -2.34. The Balaban J connectivity index is 1.60. The molecule has 0 bridgehead atoms. The van der Waals surface area contributed by atoms with Crippen LogP contribution in [0.4, 0.5) is 5.69 Å². The fraction of sp³-hybridized carbons (Fsp3) is 0.500. The van der Waals surface area contributed by atoms with E-state index in [0.29, 0.717) is 6.54 Å². The first-order valence-corrected chi connectivity index (χ1v) is 10.1. The third kappa shape index (κ3) is 4.01. The molecule has 114 valence electrons. The molecule has 2 aliphatic rings. The number of hydrogen-bond donors (Lipinski definition) is 2. The molecule has 0 radical (unpaired) electrons. The van der Waals surface area contributed by atoms with Crippen LogP contribution >= 0.6 is 67.8 Å². The van der Waals surface area contributed by atoms with Gasteiger partial charge in [-0.1, -0.05) is 0 Å². The van der Waals surface area contributed by atoms with Crippen molar-refractivity contribution in [3.05, 3.63) is 22.8 Å². The number of carbonyl (C=O) groups is 1. The van der Waals surface area contributed by atoms with Gasteiger partial charge >= 0.3 is 0 Å². The fourth-order valence-corrected chi connectivity index (χ4v) is 6.98. The minimum absolute atomic E-state index is 0.0972. The summed E-state index contributed by atoms with van der Waals surface area (Å²) in [6, 6.07) is 4.18. The number of carbonyl (C=O) groups excluding carboxylic acids is 1. The van der Waals surface area contributed by atoms with E-state index >= 15 is 0 Å². The van der Waals surface area contributed by atoms with Gasteiger partial charge in [0.05, 0.1) is 12.2 Å². The number of amides is 1.